The smallest absolute Gasteiger partial charge is 0.290 e. The SMILES string of the molecule is C/N=N\C(=N/C)C(=O)N[C@H]1CC[C@H](Oc2cnc(C#N)c(Cl)c2)CC1. The van der Waals surface area contributed by atoms with Crippen LogP contribution in [0.1, 0.15) is 31.4 Å². The van der Waals surface area contributed by atoms with Crippen molar-refractivity contribution in [2.45, 2.75) is 37.8 Å². The molecule has 2 rings (SSSR count). The van der Waals surface area contributed by atoms with Gasteiger partial charge in [0.1, 0.15) is 11.8 Å². The molecular formula is C16H19ClN6O2. The molecule has 0 unspecified atom stereocenters. The topological polar surface area (TPSA) is 112 Å². The fraction of sp³-hybridized carbons (Fsp3) is 0.500. The van der Waals surface area contributed by atoms with Crippen LogP contribution in [0.2, 0.25) is 5.02 Å². The van der Waals surface area contributed by atoms with Gasteiger partial charge in [-0.2, -0.15) is 10.4 Å². The molecule has 1 amide bonds. The maximum atomic E-state index is 12.0. The monoisotopic (exact) mass is 362 g/mol. The van der Waals surface area contributed by atoms with Crippen LogP contribution >= 0.6 is 11.6 Å². The van der Waals surface area contributed by atoms with E-state index in [1.165, 1.54) is 20.3 Å². The third-order valence-electron chi connectivity index (χ3n) is 3.84. The molecule has 1 aromatic heterocycles. The number of nitriles is 1. The third kappa shape index (κ3) is 5.22. The Hall–Kier alpha value is -2.53. The Labute approximate surface area is 151 Å². The van der Waals surface area contributed by atoms with E-state index >= 15 is 0 Å². The number of aliphatic imine (C=N–C) groups is 1. The Bertz CT molecular complexity index is 720. The number of carbonyl (C=O) groups excluding carboxylic acids is 1. The van der Waals surface area contributed by atoms with E-state index in [9.17, 15) is 4.79 Å². The van der Waals surface area contributed by atoms with Gasteiger partial charge >= 0.3 is 0 Å². The van der Waals surface area contributed by atoms with Crippen LogP contribution in [0, 0.1) is 11.3 Å². The van der Waals surface area contributed by atoms with Crippen LogP contribution in [-0.4, -0.2) is 43.0 Å². The van der Waals surface area contributed by atoms with E-state index in [-0.39, 0.29) is 34.6 Å². The van der Waals surface area contributed by atoms with Crippen molar-refractivity contribution in [1.29, 1.82) is 5.26 Å². The average molecular weight is 363 g/mol. The first-order chi connectivity index (χ1) is 12.1. The van der Waals surface area contributed by atoms with E-state index in [4.69, 9.17) is 21.6 Å². The molecule has 0 saturated heterocycles. The Kier molecular flexibility index (Phi) is 6.83. The van der Waals surface area contributed by atoms with Gasteiger partial charge in [0.2, 0.25) is 5.84 Å². The second-order valence-electron chi connectivity index (χ2n) is 5.53. The number of halogens is 1. The van der Waals surface area contributed by atoms with Gasteiger partial charge in [0.15, 0.2) is 5.69 Å². The molecule has 1 fully saturated rings. The normalized spacial score (nSPS) is 21.0. The Morgan fingerprint density at radius 3 is 2.68 bits per heavy atom. The van der Waals surface area contributed by atoms with Crippen molar-refractivity contribution in [1.82, 2.24) is 10.3 Å². The van der Waals surface area contributed by atoms with Gasteiger partial charge in [-0.05, 0) is 25.7 Å². The standard InChI is InChI=1S/C16H19ClN6O2/c1-19-15(23-20-2)16(24)22-10-3-5-11(6-4-10)25-12-7-13(17)14(8-18)21-9-12/h7,9-11H,3-6H2,1-2H3,(H,22,24)/b19-15-,23-20-/t10-,11-. The molecule has 8 nitrogen and oxygen atoms in total. The molecule has 1 aliphatic rings. The molecule has 1 aromatic rings. The number of carbonyl (C=O) groups is 1. The van der Waals surface area contributed by atoms with Gasteiger partial charge in [0.25, 0.3) is 5.91 Å². The number of hydrogen-bond acceptors (Lipinski definition) is 6. The van der Waals surface area contributed by atoms with Gasteiger partial charge in [0, 0.05) is 26.2 Å². The molecule has 0 atom stereocenters. The van der Waals surface area contributed by atoms with Crippen molar-refractivity contribution in [2.75, 3.05) is 14.1 Å². The van der Waals surface area contributed by atoms with Crippen LogP contribution in [0.4, 0.5) is 0 Å². The van der Waals surface area contributed by atoms with Crippen molar-refractivity contribution in [3.63, 3.8) is 0 Å². The number of ether oxygens (including phenoxy) is 1. The Balaban J connectivity index is 1.84. The van der Waals surface area contributed by atoms with Crippen molar-refractivity contribution >= 4 is 23.3 Å². The summed E-state index contributed by atoms with van der Waals surface area (Å²) < 4.78 is 5.87. The van der Waals surface area contributed by atoms with Gasteiger partial charge in [-0.1, -0.05) is 11.6 Å². The minimum Gasteiger partial charge on any atom is -0.489 e. The Morgan fingerprint density at radius 2 is 2.12 bits per heavy atom. The molecule has 0 bridgehead atoms. The van der Waals surface area contributed by atoms with Gasteiger partial charge in [-0.15, -0.1) is 5.11 Å². The number of rotatable bonds is 3. The molecule has 1 aliphatic carbocycles. The lowest BCUT2D eigenvalue weighted by molar-refractivity contribution is -0.115. The van der Waals surface area contributed by atoms with Crippen LogP contribution in [-0.2, 0) is 4.79 Å². The van der Waals surface area contributed by atoms with Crippen LogP contribution in [0.3, 0.4) is 0 Å². The van der Waals surface area contributed by atoms with Crippen LogP contribution in [0.15, 0.2) is 27.5 Å². The number of amides is 1. The van der Waals surface area contributed by atoms with Gasteiger partial charge in [0.05, 0.1) is 17.3 Å². The highest BCUT2D eigenvalue weighted by atomic mass is 35.5. The lowest BCUT2D eigenvalue weighted by Gasteiger charge is -2.29. The second-order valence-corrected chi connectivity index (χ2v) is 5.93. The summed E-state index contributed by atoms with van der Waals surface area (Å²) in [7, 11) is 3.00. The third-order valence-corrected chi connectivity index (χ3v) is 4.13. The minimum absolute atomic E-state index is 0.0218. The number of aromatic nitrogens is 1. The molecule has 1 saturated carbocycles. The second kappa shape index (κ2) is 9.08. The van der Waals surface area contributed by atoms with Crippen molar-refractivity contribution < 1.29 is 9.53 Å². The van der Waals surface area contributed by atoms with Crippen molar-refractivity contribution in [3.05, 3.63) is 23.0 Å². The van der Waals surface area contributed by atoms with Crippen LogP contribution in [0.5, 0.6) is 5.75 Å². The maximum Gasteiger partial charge on any atom is 0.290 e. The fourth-order valence-corrected chi connectivity index (χ4v) is 2.82. The molecule has 0 spiro atoms. The fourth-order valence-electron chi connectivity index (χ4n) is 2.62. The summed E-state index contributed by atoms with van der Waals surface area (Å²) >= 11 is 5.96. The van der Waals surface area contributed by atoms with E-state index in [0.717, 1.165) is 25.7 Å². The van der Waals surface area contributed by atoms with Crippen molar-refractivity contribution in [3.8, 4) is 11.8 Å². The average Bonchev–Trinajstić information content (AvgIpc) is 2.61. The summed E-state index contributed by atoms with van der Waals surface area (Å²) in [5.41, 5.74) is 0.179. The molecule has 25 heavy (non-hydrogen) atoms. The van der Waals surface area contributed by atoms with Crippen molar-refractivity contribution in [2.24, 2.45) is 15.2 Å². The van der Waals surface area contributed by atoms with Crippen LogP contribution in [0.25, 0.3) is 0 Å². The zero-order valence-electron chi connectivity index (χ0n) is 14.1. The molecule has 1 N–H and O–H groups in total. The number of pyridine rings is 1. The number of nitrogens with zero attached hydrogens (tertiary/aromatic N) is 5. The number of hydrogen-bond donors (Lipinski definition) is 1. The summed E-state index contributed by atoms with van der Waals surface area (Å²) in [6, 6.07) is 3.56. The molecule has 0 aromatic carbocycles. The number of azo groups is 1. The van der Waals surface area contributed by atoms with Gasteiger partial charge in [-0.25, -0.2) is 4.98 Å². The number of amidine groups is 1. The van der Waals surface area contributed by atoms with E-state index < -0.39 is 0 Å². The minimum atomic E-state index is -0.319. The highest BCUT2D eigenvalue weighted by molar-refractivity contribution is 6.38. The lowest BCUT2D eigenvalue weighted by Crippen LogP contribution is -2.42. The molecule has 132 valence electrons. The van der Waals surface area contributed by atoms with Crippen LogP contribution < -0.4 is 10.1 Å². The predicted molar refractivity (Wildman–Crippen MR) is 92.9 cm³/mol. The Morgan fingerprint density at radius 1 is 1.40 bits per heavy atom. The van der Waals surface area contributed by atoms with E-state index in [2.05, 4.69) is 25.5 Å². The largest absolute Gasteiger partial charge is 0.489 e. The number of nitrogens with one attached hydrogen (secondary N) is 1. The van der Waals surface area contributed by atoms with Gasteiger partial charge < -0.3 is 10.1 Å². The first-order valence-corrected chi connectivity index (χ1v) is 8.25. The summed E-state index contributed by atoms with van der Waals surface area (Å²) in [6.45, 7) is 0. The first-order valence-electron chi connectivity index (χ1n) is 7.87. The lowest BCUT2D eigenvalue weighted by atomic mass is 9.93. The highest BCUT2D eigenvalue weighted by Gasteiger charge is 2.25. The van der Waals surface area contributed by atoms with E-state index in [0.29, 0.717) is 5.75 Å². The zero-order chi connectivity index (χ0) is 18.2. The van der Waals surface area contributed by atoms with E-state index in [1.54, 1.807) is 6.07 Å². The predicted octanol–water partition coefficient (Wildman–Crippen LogP) is 2.52. The van der Waals surface area contributed by atoms with E-state index in [1.807, 2.05) is 6.07 Å². The maximum absolute atomic E-state index is 12.0. The summed E-state index contributed by atoms with van der Waals surface area (Å²) in [4.78, 5) is 19.8. The molecule has 9 heteroatoms. The highest BCUT2D eigenvalue weighted by Crippen LogP contribution is 2.26. The molecular weight excluding hydrogens is 344 g/mol. The molecule has 0 aliphatic heterocycles. The summed E-state index contributed by atoms with van der Waals surface area (Å²) in [5, 5.41) is 19.3. The molecule has 0 radical (unpaired) electrons. The molecule has 1 heterocycles. The first kappa shape index (κ1) is 18.8. The zero-order valence-corrected chi connectivity index (χ0v) is 14.8. The van der Waals surface area contributed by atoms with Gasteiger partial charge in [-0.3, -0.25) is 9.79 Å². The quantitative estimate of drug-likeness (QED) is 0.505. The summed E-state index contributed by atoms with van der Waals surface area (Å²) in [5.74, 6) is 0.292. The summed E-state index contributed by atoms with van der Waals surface area (Å²) in [6.07, 6.45) is 4.67.